The Bertz CT molecular complexity index is 769. The van der Waals surface area contributed by atoms with Gasteiger partial charge in [0.1, 0.15) is 0 Å². The van der Waals surface area contributed by atoms with Gasteiger partial charge in [-0.05, 0) is 25.7 Å². The number of hydrogen-bond donors (Lipinski definition) is 0. The van der Waals surface area contributed by atoms with Crippen LogP contribution in [0.4, 0.5) is 0 Å². The van der Waals surface area contributed by atoms with Gasteiger partial charge in [-0.2, -0.15) is 11.1 Å². The Balaban J connectivity index is -0.00000240. The number of rotatable bonds is 13. The van der Waals surface area contributed by atoms with Gasteiger partial charge >= 0.3 is 21.7 Å². The van der Waals surface area contributed by atoms with Crippen LogP contribution in [-0.4, -0.2) is 8.80 Å². The van der Waals surface area contributed by atoms with Crippen molar-refractivity contribution in [1.82, 2.24) is 0 Å². The average Bonchev–Trinajstić information content (AvgIpc) is 2.92. The van der Waals surface area contributed by atoms with E-state index >= 15 is 0 Å². The third-order valence-electron chi connectivity index (χ3n) is 6.85. The summed E-state index contributed by atoms with van der Waals surface area (Å²) in [4.78, 5) is 0. The van der Waals surface area contributed by atoms with Crippen molar-refractivity contribution < 1.29 is 58.9 Å². The molecule has 5 heteroatoms. The summed E-state index contributed by atoms with van der Waals surface area (Å²) in [5, 5.41) is 0. The van der Waals surface area contributed by atoms with Gasteiger partial charge in [-0.1, -0.05) is 127 Å². The van der Waals surface area contributed by atoms with Crippen molar-refractivity contribution in [3.63, 3.8) is 0 Å². The number of aryl methyl sites for hydroxylation is 2. The minimum atomic E-state index is -0.662. The summed E-state index contributed by atoms with van der Waals surface area (Å²) in [6.07, 6.45) is 13.2. The molecule has 0 saturated carbocycles. The molecule has 0 spiro atoms. The average molecular weight is 578 g/mol. The molecule has 0 atom stereocenters. The number of hydrogen-bond acceptors (Lipinski definition) is 0. The second-order valence-electron chi connectivity index (χ2n) is 9.99. The summed E-state index contributed by atoms with van der Waals surface area (Å²) in [7, 11) is -0.662. The van der Waals surface area contributed by atoms with E-state index in [1.54, 1.807) is 27.8 Å². The maximum Gasteiger partial charge on any atom is 4.00 e. The Labute approximate surface area is 246 Å². The van der Waals surface area contributed by atoms with Gasteiger partial charge in [0.25, 0.3) is 0 Å². The Morgan fingerprint density at radius 2 is 1.15 bits per heavy atom. The largest absolute Gasteiger partial charge is 4.00 e. The molecule has 192 valence electrons. The maximum atomic E-state index is 2.54. The first kappa shape index (κ1) is 38.9. The van der Waals surface area contributed by atoms with E-state index in [1.807, 2.05) is 0 Å². The van der Waals surface area contributed by atoms with Gasteiger partial charge in [0.05, 0.1) is 0 Å². The van der Waals surface area contributed by atoms with Gasteiger partial charge in [0.15, 0.2) is 0 Å². The molecule has 0 amide bonds. The predicted molar refractivity (Wildman–Crippen MR) is 140 cm³/mol. The van der Waals surface area contributed by atoms with Crippen LogP contribution in [0.5, 0.6) is 0 Å². The van der Waals surface area contributed by atoms with E-state index in [2.05, 4.69) is 65.9 Å². The first-order chi connectivity index (χ1) is 14.4. The van der Waals surface area contributed by atoms with E-state index in [0.717, 1.165) is 0 Å². The molecule has 2 aromatic carbocycles. The maximum absolute atomic E-state index is 2.54. The third-order valence-corrected chi connectivity index (χ3v) is 8.07. The minimum Gasteiger partial charge on any atom is -1.00 e. The van der Waals surface area contributed by atoms with Gasteiger partial charge in [0, 0.05) is 8.80 Å². The van der Waals surface area contributed by atoms with Crippen molar-refractivity contribution in [2.45, 2.75) is 118 Å². The van der Waals surface area contributed by atoms with E-state index < -0.39 is 8.80 Å². The monoisotopic (exact) mass is 576 g/mol. The van der Waals surface area contributed by atoms with Crippen molar-refractivity contribution in [1.29, 1.82) is 0 Å². The number of unbranched alkanes of at least 4 members (excludes halogenated alkanes) is 6. The van der Waals surface area contributed by atoms with Gasteiger partial charge in [-0.25, -0.2) is 0 Å². The smallest absolute Gasteiger partial charge is 1.00 e. The fourth-order valence-electron chi connectivity index (χ4n) is 4.87. The molecule has 2 rings (SSSR count). The summed E-state index contributed by atoms with van der Waals surface area (Å²) in [5.41, 5.74) is 12.5. The molecule has 0 heterocycles. The third kappa shape index (κ3) is 11.6. The zero-order valence-corrected chi connectivity index (χ0v) is 27.7. The zero-order valence-electron chi connectivity index (χ0n) is 22.7. The summed E-state index contributed by atoms with van der Waals surface area (Å²) >= 11 is 0. The molecule has 0 aliphatic rings. The Kier molecular flexibility index (Phi) is 23.4. The van der Waals surface area contributed by atoms with Crippen LogP contribution in [0.25, 0.3) is 11.1 Å². The molecule has 2 aromatic rings. The zero-order chi connectivity index (χ0) is 22.1. The molecule has 0 N–H and O–H groups in total. The normalized spacial score (nSPS) is 10.2. The van der Waals surface area contributed by atoms with Crippen LogP contribution < -0.4 is 37.2 Å². The van der Waals surface area contributed by atoms with Crippen LogP contribution in [0.15, 0.2) is 18.2 Å². The second kappa shape index (κ2) is 20.4. The quantitative estimate of drug-likeness (QED) is 0.176. The van der Waals surface area contributed by atoms with Crippen molar-refractivity contribution in [2.75, 3.05) is 0 Å². The van der Waals surface area contributed by atoms with Crippen LogP contribution in [0, 0.1) is 20.8 Å². The van der Waals surface area contributed by atoms with Crippen molar-refractivity contribution in [3.05, 3.63) is 51.6 Å². The standard InChI is InChI=1S/C29H47Si.3ClH.Ti/c1-8-10-12-14-16-25-18-26(17-15-13-11-9-2)20-27(19-25)29-24(5)22(3)23(4)28(29)21-30(6)7;;;;/h18-20,30H,8-17,21H2,1-7H3;3*1H;/q-1;;;;+4/p-3. The van der Waals surface area contributed by atoms with Crippen molar-refractivity contribution >= 4 is 8.80 Å². The molecular formula is C29H47Cl3SiTi. The SMILES string of the molecule is CCCCCCc1cc(CCCCCC)cc(-c2c(C)c(C)c(C)[c-]2C[SiH](C)C)c1.[Cl-].[Cl-].[Cl-].[Ti+4]. The van der Waals surface area contributed by atoms with E-state index in [1.165, 1.54) is 86.9 Å². The molecule has 0 bridgehead atoms. The van der Waals surface area contributed by atoms with Gasteiger partial charge in [0.2, 0.25) is 0 Å². The molecule has 0 radical (unpaired) electrons. The molecule has 0 saturated heterocycles. The van der Waals surface area contributed by atoms with Crippen LogP contribution in [0.2, 0.25) is 13.1 Å². The Morgan fingerprint density at radius 3 is 1.56 bits per heavy atom. The fraction of sp³-hybridized carbons (Fsp3) is 0.621. The molecule has 34 heavy (non-hydrogen) atoms. The number of benzene rings is 1. The second-order valence-corrected chi connectivity index (χ2v) is 13.2. The van der Waals surface area contributed by atoms with Crippen LogP contribution >= 0.6 is 0 Å². The molecule has 0 nitrogen and oxygen atoms in total. The van der Waals surface area contributed by atoms with E-state index in [4.69, 9.17) is 0 Å². The van der Waals surface area contributed by atoms with Gasteiger partial charge < -0.3 is 37.2 Å². The first-order valence-corrected chi connectivity index (χ1v) is 15.9. The summed E-state index contributed by atoms with van der Waals surface area (Å²) < 4.78 is 0. The van der Waals surface area contributed by atoms with Crippen LogP contribution in [-0.2, 0) is 40.6 Å². The van der Waals surface area contributed by atoms with E-state index in [0.29, 0.717) is 0 Å². The molecule has 0 fully saturated rings. The van der Waals surface area contributed by atoms with E-state index in [-0.39, 0.29) is 58.9 Å². The van der Waals surface area contributed by atoms with Crippen LogP contribution in [0.1, 0.15) is 98.6 Å². The molecule has 0 aliphatic carbocycles. The topological polar surface area (TPSA) is 0 Å². The molecule has 0 aliphatic heterocycles. The number of halogens is 3. The first-order valence-electron chi connectivity index (χ1n) is 12.8. The van der Waals surface area contributed by atoms with Gasteiger partial charge in [-0.3, -0.25) is 0 Å². The summed E-state index contributed by atoms with van der Waals surface area (Å²) in [5.74, 6) is 0. The van der Waals surface area contributed by atoms with Crippen LogP contribution in [0.3, 0.4) is 0 Å². The Hall–Kier alpha value is 0.371. The molecule has 0 unspecified atom stereocenters. The van der Waals surface area contributed by atoms with Crippen molar-refractivity contribution in [3.8, 4) is 11.1 Å². The summed E-state index contributed by atoms with van der Waals surface area (Å²) in [6, 6.07) is 8.92. The molecular weight excluding hydrogens is 531 g/mol. The summed E-state index contributed by atoms with van der Waals surface area (Å²) in [6.45, 7) is 16.6. The van der Waals surface area contributed by atoms with E-state index in [9.17, 15) is 0 Å². The fourth-order valence-corrected chi connectivity index (χ4v) is 6.20. The minimum absolute atomic E-state index is 0. The Morgan fingerprint density at radius 1 is 0.676 bits per heavy atom. The molecule has 0 aromatic heterocycles. The van der Waals surface area contributed by atoms with Crippen molar-refractivity contribution in [2.24, 2.45) is 0 Å². The van der Waals surface area contributed by atoms with Gasteiger partial charge in [-0.15, -0.1) is 16.7 Å². The predicted octanol–water partition coefficient (Wildman–Crippen LogP) is -0.179.